The molecule has 3 heteroatoms. The van der Waals surface area contributed by atoms with E-state index in [9.17, 15) is 0 Å². The molecule has 0 fully saturated rings. The van der Waals surface area contributed by atoms with Crippen molar-refractivity contribution in [3.63, 3.8) is 0 Å². The zero-order chi connectivity index (χ0) is 9.76. The first kappa shape index (κ1) is 7.85. The van der Waals surface area contributed by atoms with Gasteiger partial charge in [-0.3, -0.25) is 0 Å². The Morgan fingerprint density at radius 3 is 3.07 bits per heavy atom. The average Bonchev–Trinajstić information content (AvgIpc) is 2.69. The standard InChI is InChI=1S/C11H13N3/c1-11(2)5-12-8-4-10-9(3-7(8)11)13-6-14-10/h3-4,6,12H,5H2,1-2H3,(H,13,14). The highest BCUT2D eigenvalue weighted by atomic mass is 14.9. The second-order valence-corrected chi connectivity index (χ2v) is 4.55. The van der Waals surface area contributed by atoms with Crippen LogP contribution in [-0.4, -0.2) is 16.5 Å². The van der Waals surface area contributed by atoms with Crippen LogP contribution in [0.2, 0.25) is 0 Å². The predicted octanol–water partition coefficient (Wildman–Crippen LogP) is 2.27. The second kappa shape index (κ2) is 2.29. The number of hydrogen-bond donors (Lipinski definition) is 2. The Labute approximate surface area is 82.5 Å². The number of anilines is 1. The van der Waals surface area contributed by atoms with E-state index in [1.54, 1.807) is 6.33 Å². The van der Waals surface area contributed by atoms with Crippen LogP contribution in [-0.2, 0) is 5.41 Å². The lowest BCUT2D eigenvalue weighted by molar-refractivity contribution is 0.586. The summed E-state index contributed by atoms with van der Waals surface area (Å²) in [6.45, 7) is 5.52. The fraction of sp³-hybridized carbons (Fsp3) is 0.364. The molecule has 14 heavy (non-hydrogen) atoms. The van der Waals surface area contributed by atoms with Crippen molar-refractivity contribution in [2.45, 2.75) is 19.3 Å². The summed E-state index contributed by atoms with van der Waals surface area (Å²) in [6.07, 6.45) is 1.74. The van der Waals surface area contributed by atoms with Crippen LogP contribution >= 0.6 is 0 Å². The zero-order valence-electron chi connectivity index (χ0n) is 8.39. The highest BCUT2D eigenvalue weighted by molar-refractivity contribution is 5.83. The van der Waals surface area contributed by atoms with Crippen molar-refractivity contribution < 1.29 is 0 Å². The molecule has 2 heterocycles. The van der Waals surface area contributed by atoms with E-state index in [0.29, 0.717) is 0 Å². The summed E-state index contributed by atoms with van der Waals surface area (Å²) in [5.41, 5.74) is 5.01. The molecule has 72 valence electrons. The maximum Gasteiger partial charge on any atom is 0.0931 e. The molecule has 0 aliphatic carbocycles. The topological polar surface area (TPSA) is 40.7 Å². The first-order valence-electron chi connectivity index (χ1n) is 4.88. The van der Waals surface area contributed by atoms with Gasteiger partial charge in [0.2, 0.25) is 0 Å². The summed E-state index contributed by atoms with van der Waals surface area (Å²) in [7, 11) is 0. The molecule has 0 bridgehead atoms. The van der Waals surface area contributed by atoms with Gasteiger partial charge < -0.3 is 10.3 Å². The molecular weight excluding hydrogens is 174 g/mol. The molecule has 2 N–H and O–H groups in total. The summed E-state index contributed by atoms with van der Waals surface area (Å²) >= 11 is 0. The van der Waals surface area contributed by atoms with Gasteiger partial charge in [0.05, 0.1) is 17.4 Å². The number of rotatable bonds is 0. The van der Waals surface area contributed by atoms with Gasteiger partial charge in [-0.15, -0.1) is 0 Å². The quantitative estimate of drug-likeness (QED) is 0.664. The normalized spacial score (nSPS) is 18.1. The van der Waals surface area contributed by atoms with Gasteiger partial charge in [-0.1, -0.05) is 13.8 Å². The van der Waals surface area contributed by atoms with Gasteiger partial charge in [0, 0.05) is 17.6 Å². The van der Waals surface area contributed by atoms with Crippen molar-refractivity contribution in [3.8, 4) is 0 Å². The number of aromatic amines is 1. The third-order valence-corrected chi connectivity index (χ3v) is 3.01. The number of H-pyrrole nitrogens is 1. The largest absolute Gasteiger partial charge is 0.384 e. The summed E-state index contributed by atoms with van der Waals surface area (Å²) in [6, 6.07) is 4.33. The van der Waals surface area contributed by atoms with Gasteiger partial charge in [0.1, 0.15) is 0 Å². The molecule has 1 aliphatic heterocycles. The summed E-state index contributed by atoms with van der Waals surface area (Å²) in [4.78, 5) is 7.40. The molecule has 1 aromatic carbocycles. The van der Waals surface area contributed by atoms with E-state index in [-0.39, 0.29) is 5.41 Å². The number of benzene rings is 1. The van der Waals surface area contributed by atoms with E-state index in [0.717, 1.165) is 17.6 Å². The fourth-order valence-corrected chi connectivity index (χ4v) is 2.10. The lowest BCUT2D eigenvalue weighted by Crippen LogP contribution is -2.18. The predicted molar refractivity (Wildman–Crippen MR) is 57.6 cm³/mol. The molecule has 0 unspecified atom stereocenters. The van der Waals surface area contributed by atoms with E-state index in [4.69, 9.17) is 0 Å². The van der Waals surface area contributed by atoms with Gasteiger partial charge in [-0.25, -0.2) is 4.98 Å². The van der Waals surface area contributed by atoms with Crippen molar-refractivity contribution in [3.05, 3.63) is 24.0 Å². The van der Waals surface area contributed by atoms with Gasteiger partial charge in [0.25, 0.3) is 0 Å². The molecular formula is C11H13N3. The number of hydrogen-bond acceptors (Lipinski definition) is 2. The first-order valence-corrected chi connectivity index (χ1v) is 4.88. The molecule has 0 amide bonds. The number of nitrogens with one attached hydrogen (secondary N) is 2. The van der Waals surface area contributed by atoms with E-state index in [1.165, 1.54) is 11.3 Å². The van der Waals surface area contributed by atoms with Crippen molar-refractivity contribution >= 4 is 16.7 Å². The Morgan fingerprint density at radius 2 is 2.21 bits per heavy atom. The molecule has 0 saturated carbocycles. The van der Waals surface area contributed by atoms with Crippen LogP contribution in [0, 0.1) is 0 Å². The third-order valence-electron chi connectivity index (χ3n) is 3.01. The molecule has 1 aromatic heterocycles. The minimum Gasteiger partial charge on any atom is -0.384 e. The number of fused-ring (bicyclic) bond motifs is 2. The maximum absolute atomic E-state index is 4.25. The average molecular weight is 187 g/mol. The Bertz CT molecular complexity index is 496. The SMILES string of the molecule is CC1(C)CNc2cc3nc[nH]c3cc21. The monoisotopic (exact) mass is 187 g/mol. The second-order valence-electron chi connectivity index (χ2n) is 4.55. The lowest BCUT2D eigenvalue weighted by Gasteiger charge is -2.16. The van der Waals surface area contributed by atoms with E-state index >= 15 is 0 Å². The van der Waals surface area contributed by atoms with Gasteiger partial charge in [0.15, 0.2) is 0 Å². The van der Waals surface area contributed by atoms with Crippen LogP contribution in [0.3, 0.4) is 0 Å². The summed E-state index contributed by atoms with van der Waals surface area (Å²) < 4.78 is 0. The molecule has 0 radical (unpaired) electrons. The van der Waals surface area contributed by atoms with Crippen LogP contribution in [0.15, 0.2) is 18.5 Å². The highest BCUT2D eigenvalue weighted by Gasteiger charge is 2.29. The molecule has 3 rings (SSSR count). The van der Waals surface area contributed by atoms with Crippen molar-refractivity contribution in [2.24, 2.45) is 0 Å². The van der Waals surface area contributed by atoms with Crippen molar-refractivity contribution in [2.75, 3.05) is 11.9 Å². The Kier molecular flexibility index (Phi) is 1.29. The number of nitrogens with zero attached hydrogens (tertiary/aromatic N) is 1. The minimum atomic E-state index is 0.231. The van der Waals surface area contributed by atoms with Gasteiger partial charge in [-0.2, -0.15) is 0 Å². The molecule has 0 atom stereocenters. The highest BCUT2D eigenvalue weighted by Crippen LogP contribution is 2.37. The smallest absolute Gasteiger partial charge is 0.0931 e. The Morgan fingerprint density at radius 1 is 1.36 bits per heavy atom. The number of imidazole rings is 1. The van der Waals surface area contributed by atoms with Crippen LogP contribution in [0.1, 0.15) is 19.4 Å². The molecule has 1 aliphatic rings. The Hall–Kier alpha value is -1.51. The van der Waals surface area contributed by atoms with Crippen LogP contribution in [0.5, 0.6) is 0 Å². The minimum absolute atomic E-state index is 0.231. The molecule has 0 spiro atoms. The number of aromatic nitrogens is 2. The Balaban J connectivity index is 2.34. The fourth-order valence-electron chi connectivity index (χ4n) is 2.10. The van der Waals surface area contributed by atoms with E-state index in [2.05, 4.69) is 41.3 Å². The summed E-state index contributed by atoms with van der Waals surface area (Å²) in [5, 5.41) is 3.42. The molecule has 3 nitrogen and oxygen atoms in total. The van der Waals surface area contributed by atoms with Gasteiger partial charge >= 0.3 is 0 Å². The zero-order valence-corrected chi connectivity index (χ0v) is 8.39. The van der Waals surface area contributed by atoms with E-state index in [1.807, 2.05) is 0 Å². The lowest BCUT2D eigenvalue weighted by atomic mass is 9.87. The molecule has 0 saturated heterocycles. The summed E-state index contributed by atoms with van der Waals surface area (Å²) in [5.74, 6) is 0. The maximum atomic E-state index is 4.25. The van der Waals surface area contributed by atoms with Gasteiger partial charge in [-0.05, 0) is 17.7 Å². The molecule has 2 aromatic rings. The van der Waals surface area contributed by atoms with Crippen molar-refractivity contribution in [1.82, 2.24) is 9.97 Å². The van der Waals surface area contributed by atoms with E-state index < -0.39 is 0 Å². The first-order chi connectivity index (χ1) is 6.67. The van der Waals surface area contributed by atoms with Crippen molar-refractivity contribution in [1.29, 1.82) is 0 Å². The van der Waals surface area contributed by atoms with Crippen LogP contribution in [0.25, 0.3) is 11.0 Å². The third kappa shape index (κ3) is 0.895. The van der Waals surface area contributed by atoms with Crippen LogP contribution < -0.4 is 5.32 Å². The van der Waals surface area contributed by atoms with Crippen LogP contribution in [0.4, 0.5) is 5.69 Å².